The molecule has 0 aliphatic heterocycles. The predicted octanol–water partition coefficient (Wildman–Crippen LogP) is 2.62. The number of aryl methyl sites for hydroxylation is 2. The third-order valence-electron chi connectivity index (χ3n) is 1.80. The molecular formula is C9H15BrN2. The highest BCUT2D eigenvalue weighted by Gasteiger charge is 1.99. The number of hydrogen-bond acceptors (Lipinski definition) is 1. The first kappa shape index (κ1) is 9.78. The first-order chi connectivity index (χ1) is 5.88. The van der Waals surface area contributed by atoms with E-state index in [4.69, 9.17) is 0 Å². The van der Waals surface area contributed by atoms with E-state index in [1.807, 2.05) is 6.20 Å². The summed E-state index contributed by atoms with van der Waals surface area (Å²) in [6, 6.07) is 0. The first-order valence-corrected chi connectivity index (χ1v) is 5.56. The molecule has 0 aliphatic carbocycles. The lowest BCUT2D eigenvalue weighted by molar-refractivity contribution is 0.632. The summed E-state index contributed by atoms with van der Waals surface area (Å²) >= 11 is 3.42. The molecule has 0 amide bonds. The summed E-state index contributed by atoms with van der Waals surface area (Å²) in [6.07, 6.45) is 7.38. The van der Waals surface area contributed by atoms with Crippen LogP contribution in [0.15, 0.2) is 12.4 Å². The Kier molecular flexibility index (Phi) is 4.36. The van der Waals surface area contributed by atoms with Crippen molar-refractivity contribution in [3.8, 4) is 0 Å². The van der Waals surface area contributed by atoms with Crippen molar-refractivity contribution in [3.63, 3.8) is 0 Å². The van der Waals surface area contributed by atoms with Crippen LogP contribution in [-0.2, 0) is 13.0 Å². The molecule has 0 bridgehead atoms. The normalized spacial score (nSPS) is 10.5. The zero-order valence-corrected chi connectivity index (χ0v) is 9.05. The maximum Gasteiger partial charge on any atom is 0.108 e. The Hall–Kier alpha value is -0.310. The summed E-state index contributed by atoms with van der Waals surface area (Å²) in [4.78, 5) is 4.31. The van der Waals surface area contributed by atoms with Crippen molar-refractivity contribution in [2.45, 2.75) is 32.7 Å². The van der Waals surface area contributed by atoms with Gasteiger partial charge in [-0.15, -0.1) is 0 Å². The molecule has 2 nitrogen and oxygen atoms in total. The molecule has 0 atom stereocenters. The molecule has 0 saturated carbocycles. The van der Waals surface area contributed by atoms with Crippen LogP contribution in [0.3, 0.4) is 0 Å². The zero-order chi connectivity index (χ0) is 8.81. The Balaban J connectivity index is 2.51. The monoisotopic (exact) mass is 230 g/mol. The van der Waals surface area contributed by atoms with Gasteiger partial charge in [0.25, 0.3) is 0 Å². The fraction of sp³-hybridized carbons (Fsp3) is 0.667. The van der Waals surface area contributed by atoms with E-state index in [2.05, 4.69) is 38.6 Å². The maximum atomic E-state index is 4.31. The van der Waals surface area contributed by atoms with Crippen LogP contribution >= 0.6 is 15.9 Å². The van der Waals surface area contributed by atoms with Crippen molar-refractivity contribution < 1.29 is 0 Å². The Bertz CT molecular complexity index is 220. The second-order valence-electron chi connectivity index (χ2n) is 2.83. The van der Waals surface area contributed by atoms with Gasteiger partial charge in [-0.05, 0) is 12.8 Å². The Morgan fingerprint density at radius 2 is 2.42 bits per heavy atom. The van der Waals surface area contributed by atoms with Crippen LogP contribution < -0.4 is 0 Å². The van der Waals surface area contributed by atoms with Crippen molar-refractivity contribution >= 4 is 15.9 Å². The van der Waals surface area contributed by atoms with Gasteiger partial charge in [-0.1, -0.05) is 22.9 Å². The van der Waals surface area contributed by atoms with Gasteiger partial charge < -0.3 is 4.57 Å². The first-order valence-electron chi connectivity index (χ1n) is 4.44. The van der Waals surface area contributed by atoms with Crippen molar-refractivity contribution in [2.24, 2.45) is 0 Å². The average Bonchev–Trinajstić information content (AvgIpc) is 2.50. The van der Waals surface area contributed by atoms with Crippen LogP contribution in [0.5, 0.6) is 0 Å². The van der Waals surface area contributed by atoms with Gasteiger partial charge in [0.15, 0.2) is 0 Å². The van der Waals surface area contributed by atoms with Gasteiger partial charge in [-0.2, -0.15) is 0 Å². The minimum Gasteiger partial charge on any atom is -0.335 e. The van der Waals surface area contributed by atoms with E-state index >= 15 is 0 Å². The predicted molar refractivity (Wildman–Crippen MR) is 54.6 cm³/mol. The van der Waals surface area contributed by atoms with Gasteiger partial charge in [0, 0.05) is 30.7 Å². The Morgan fingerprint density at radius 3 is 3.08 bits per heavy atom. The maximum absolute atomic E-state index is 4.31. The SMILES string of the molecule is CCCn1ccnc1CCCBr. The van der Waals surface area contributed by atoms with E-state index in [0.29, 0.717) is 0 Å². The second-order valence-corrected chi connectivity index (χ2v) is 3.62. The van der Waals surface area contributed by atoms with E-state index in [1.54, 1.807) is 0 Å². The lowest BCUT2D eigenvalue weighted by atomic mass is 10.3. The molecule has 0 unspecified atom stereocenters. The molecule has 1 aromatic heterocycles. The smallest absolute Gasteiger partial charge is 0.108 e. The molecule has 0 aliphatic rings. The molecule has 12 heavy (non-hydrogen) atoms. The van der Waals surface area contributed by atoms with Crippen LogP contribution in [0.2, 0.25) is 0 Å². The van der Waals surface area contributed by atoms with E-state index in [-0.39, 0.29) is 0 Å². The van der Waals surface area contributed by atoms with Crippen LogP contribution in [0.1, 0.15) is 25.6 Å². The Labute approximate surface area is 82.1 Å². The molecule has 0 radical (unpaired) electrons. The standard InChI is InChI=1S/C9H15BrN2/c1-2-7-12-8-6-11-9(12)4-3-5-10/h6,8H,2-5,7H2,1H3. The van der Waals surface area contributed by atoms with E-state index < -0.39 is 0 Å². The molecule has 0 spiro atoms. The van der Waals surface area contributed by atoms with Crippen LogP contribution in [-0.4, -0.2) is 14.9 Å². The molecular weight excluding hydrogens is 216 g/mol. The van der Waals surface area contributed by atoms with Crippen LogP contribution in [0.4, 0.5) is 0 Å². The molecule has 1 aromatic rings. The number of aromatic nitrogens is 2. The molecule has 0 N–H and O–H groups in total. The second kappa shape index (κ2) is 5.36. The molecule has 68 valence electrons. The van der Waals surface area contributed by atoms with Crippen LogP contribution in [0, 0.1) is 0 Å². The van der Waals surface area contributed by atoms with Gasteiger partial charge in [-0.25, -0.2) is 4.98 Å². The summed E-state index contributed by atoms with van der Waals surface area (Å²) in [6.45, 7) is 3.28. The zero-order valence-electron chi connectivity index (χ0n) is 7.46. The Morgan fingerprint density at radius 1 is 1.58 bits per heavy atom. The number of halogens is 1. The number of alkyl halides is 1. The summed E-state index contributed by atoms with van der Waals surface area (Å²) in [7, 11) is 0. The van der Waals surface area contributed by atoms with Gasteiger partial charge >= 0.3 is 0 Å². The molecule has 1 rings (SSSR count). The largest absolute Gasteiger partial charge is 0.335 e. The average molecular weight is 231 g/mol. The third-order valence-corrected chi connectivity index (χ3v) is 2.36. The van der Waals surface area contributed by atoms with Gasteiger partial charge in [0.2, 0.25) is 0 Å². The van der Waals surface area contributed by atoms with Crippen LogP contribution in [0.25, 0.3) is 0 Å². The number of imidazole rings is 1. The highest BCUT2D eigenvalue weighted by atomic mass is 79.9. The van der Waals surface area contributed by atoms with E-state index in [1.165, 1.54) is 18.7 Å². The third kappa shape index (κ3) is 2.63. The minimum atomic E-state index is 1.06. The van der Waals surface area contributed by atoms with Gasteiger partial charge in [0.05, 0.1) is 0 Å². The quantitative estimate of drug-likeness (QED) is 0.712. The highest BCUT2D eigenvalue weighted by molar-refractivity contribution is 9.09. The molecule has 1 heterocycles. The van der Waals surface area contributed by atoms with Crippen molar-refractivity contribution in [1.82, 2.24) is 9.55 Å². The van der Waals surface area contributed by atoms with Gasteiger partial charge in [0.1, 0.15) is 5.82 Å². The number of nitrogens with zero attached hydrogens (tertiary/aromatic N) is 2. The fourth-order valence-electron chi connectivity index (χ4n) is 1.24. The summed E-state index contributed by atoms with van der Waals surface area (Å²) in [5.41, 5.74) is 0. The van der Waals surface area contributed by atoms with Crippen molar-refractivity contribution in [3.05, 3.63) is 18.2 Å². The van der Waals surface area contributed by atoms with Gasteiger partial charge in [-0.3, -0.25) is 0 Å². The summed E-state index contributed by atoms with van der Waals surface area (Å²) in [5.74, 6) is 1.22. The molecule has 0 aromatic carbocycles. The lowest BCUT2D eigenvalue weighted by Crippen LogP contribution is -2.02. The fourth-order valence-corrected chi connectivity index (χ4v) is 1.52. The summed E-state index contributed by atoms with van der Waals surface area (Å²) < 4.78 is 2.24. The number of rotatable bonds is 5. The van der Waals surface area contributed by atoms with E-state index in [9.17, 15) is 0 Å². The number of hydrogen-bond donors (Lipinski definition) is 0. The molecule has 0 saturated heterocycles. The van der Waals surface area contributed by atoms with Crippen molar-refractivity contribution in [1.29, 1.82) is 0 Å². The summed E-state index contributed by atoms with van der Waals surface area (Å²) in [5, 5.41) is 1.06. The molecule has 0 fully saturated rings. The highest BCUT2D eigenvalue weighted by Crippen LogP contribution is 2.03. The topological polar surface area (TPSA) is 17.8 Å². The molecule has 3 heteroatoms. The minimum absolute atomic E-state index is 1.06. The lowest BCUT2D eigenvalue weighted by Gasteiger charge is -2.04. The van der Waals surface area contributed by atoms with E-state index in [0.717, 1.165) is 18.3 Å². The van der Waals surface area contributed by atoms with Crippen molar-refractivity contribution in [2.75, 3.05) is 5.33 Å².